The van der Waals surface area contributed by atoms with Crippen molar-refractivity contribution < 1.29 is 9.52 Å². The molecule has 1 unspecified atom stereocenters. The van der Waals surface area contributed by atoms with Gasteiger partial charge in [-0.2, -0.15) is 0 Å². The van der Waals surface area contributed by atoms with Crippen molar-refractivity contribution in [1.82, 2.24) is 20.4 Å². The van der Waals surface area contributed by atoms with Crippen LogP contribution in [0.5, 0.6) is 0 Å². The lowest BCUT2D eigenvalue weighted by molar-refractivity contribution is 0.0437. The predicted octanol–water partition coefficient (Wildman–Crippen LogP) is 1.07. The number of nitrogens with one attached hydrogen (secondary N) is 2. The van der Waals surface area contributed by atoms with Gasteiger partial charge in [0, 0.05) is 26.2 Å². The third-order valence-corrected chi connectivity index (χ3v) is 4.70. The Bertz CT molecular complexity index is 530. The van der Waals surface area contributed by atoms with Gasteiger partial charge in [-0.3, -0.25) is 0 Å². The first-order valence-electron chi connectivity index (χ1n) is 9.70. The first kappa shape index (κ1) is 20.7. The molecule has 1 aliphatic heterocycles. The van der Waals surface area contributed by atoms with E-state index in [1.807, 2.05) is 6.92 Å². The zero-order chi connectivity index (χ0) is 18.8. The van der Waals surface area contributed by atoms with E-state index in [2.05, 4.69) is 32.5 Å². The van der Waals surface area contributed by atoms with Crippen LogP contribution < -0.4 is 10.6 Å². The summed E-state index contributed by atoms with van der Waals surface area (Å²) in [6.07, 6.45) is 3.89. The molecular formula is C19H35N5O2. The van der Waals surface area contributed by atoms with E-state index >= 15 is 0 Å². The summed E-state index contributed by atoms with van der Waals surface area (Å²) in [5.41, 5.74) is -1.11. The zero-order valence-electron chi connectivity index (χ0n) is 16.5. The minimum absolute atomic E-state index is 0.244. The lowest BCUT2D eigenvalue weighted by Crippen LogP contribution is -2.40. The Morgan fingerprint density at radius 2 is 2.15 bits per heavy atom. The Hall–Kier alpha value is -1.57. The van der Waals surface area contributed by atoms with Gasteiger partial charge in [0.15, 0.2) is 5.96 Å². The fourth-order valence-corrected chi connectivity index (χ4v) is 3.07. The molecule has 1 atom stereocenters. The molecule has 3 N–H and O–H groups in total. The van der Waals surface area contributed by atoms with Gasteiger partial charge in [-0.1, -0.05) is 0 Å². The molecule has 0 aliphatic carbocycles. The van der Waals surface area contributed by atoms with Crippen LogP contribution in [0.1, 0.15) is 32.4 Å². The number of aliphatic hydroxyl groups is 1. The Kier molecular flexibility index (Phi) is 8.41. The van der Waals surface area contributed by atoms with Crippen LogP contribution in [-0.2, 0) is 5.60 Å². The molecule has 1 fully saturated rings. The van der Waals surface area contributed by atoms with Gasteiger partial charge in [0.1, 0.15) is 11.4 Å². The van der Waals surface area contributed by atoms with E-state index in [1.54, 1.807) is 25.3 Å². The second kappa shape index (κ2) is 10.5. The molecule has 2 rings (SSSR count). The minimum Gasteiger partial charge on any atom is -0.466 e. The topological polar surface area (TPSA) is 76.3 Å². The maximum Gasteiger partial charge on any atom is 0.191 e. The van der Waals surface area contributed by atoms with Crippen molar-refractivity contribution in [3.63, 3.8) is 0 Å². The fourth-order valence-electron chi connectivity index (χ4n) is 3.07. The van der Waals surface area contributed by atoms with Crippen LogP contribution in [0.25, 0.3) is 0 Å². The van der Waals surface area contributed by atoms with Gasteiger partial charge < -0.3 is 30.0 Å². The van der Waals surface area contributed by atoms with Gasteiger partial charge in [0.05, 0.1) is 12.8 Å². The molecule has 2 heterocycles. The normalized spacial score (nSPS) is 19.8. The van der Waals surface area contributed by atoms with E-state index in [-0.39, 0.29) is 6.54 Å². The van der Waals surface area contributed by atoms with Crippen LogP contribution in [0.2, 0.25) is 0 Å². The summed E-state index contributed by atoms with van der Waals surface area (Å²) in [5, 5.41) is 17.1. The summed E-state index contributed by atoms with van der Waals surface area (Å²) in [7, 11) is 2.20. The molecule has 7 heteroatoms. The van der Waals surface area contributed by atoms with Gasteiger partial charge in [0.2, 0.25) is 0 Å². The SMILES string of the molecule is CCNC(=NCC(C)(O)c1ccco1)NCCCN1CCCN(C)CC1. The van der Waals surface area contributed by atoms with Crippen LogP contribution in [0.15, 0.2) is 27.8 Å². The van der Waals surface area contributed by atoms with Crippen molar-refractivity contribution in [2.24, 2.45) is 4.99 Å². The van der Waals surface area contributed by atoms with E-state index in [0.29, 0.717) is 5.76 Å². The highest BCUT2D eigenvalue weighted by molar-refractivity contribution is 5.79. The lowest BCUT2D eigenvalue weighted by Gasteiger charge is -2.21. The molecule has 148 valence electrons. The van der Waals surface area contributed by atoms with E-state index in [9.17, 15) is 5.11 Å². The van der Waals surface area contributed by atoms with Crippen LogP contribution in [-0.4, -0.2) is 80.3 Å². The van der Waals surface area contributed by atoms with Crippen molar-refractivity contribution in [2.75, 3.05) is 59.4 Å². The number of rotatable bonds is 8. The molecule has 0 aromatic carbocycles. The fraction of sp³-hybridized carbons (Fsp3) is 0.737. The molecule has 0 spiro atoms. The van der Waals surface area contributed by atoms with Gasteiger partial charge in [-0.15, -0.1) is 0 Å². The molecule has 1 aromatic heterocycles. The molecule has 7 nitrogen and oxygen atoms in total. The maximum atomic E-state index is 10.5. The molecule has 1 aliphatic rings. The predicted molar refractivity (Wildman–Crippen MR) is 105 cm³/mol. The standard InChI is InChI=1S/C19H35N5O2/c1-4-20-18(22-16-19(2,25)17-8-5-15-26-17)21-9-6-11-24-12-7-10-23(3)13-14-24/h5,8,15,25H,4,6-7,9-14,16H2,1-3H3,(H2,20,21,22). The molecule has 0 amide bonds. The monoisotopic (exact) mass is 365 g/mol. The highest BCUT2D eigenvalue weighted by atomic mass is 16.4. The summed E-state index contributed by atoms with van der Waals surface area (Å²) in [4.78, 5) is 9.46. The molecule has 1 aromatic rings. The van der Waals surface area contributed by atoms with Crippen LogP contribution in [0.4, 0.5) is 0 Å². The Balaban J connectivity index is 1.75. The van der Waals surface area contributed by atoms with Crippen LogP contribution in [0.3, 0.4) is 0 Å². The molecule has 0 saturated carbocycles. The van der Waals surface area contributed by atoms with Crippen molar-refractivity contribution in [2.45, 2.75) is 32.3 Å². The summed E-state index contributed by atoms with van der Waals surface area (Å²) < 4.78 is 5.30. The summed E-state index contributed by atoms with van der Waals surface area (Å²) in [5.74, 6) is 1.26. The molecule has 26 heavy (non-hydrogen) atoms. The average Bonchev–Trinajstić information content (AvgIpc) is 3.08. The highest BCUT2D eigenvalue weighted by Gasteiger charge is 2.26. The number of nitrogens with zero attached hydrogens (tertiary/aromatic N) is 3. The first-order valence-corrected chi connectivity index (χ1v) is 9.70. The summed E-state index contributed by atoms with van der Waals surface area (Å²) in [6, 6.07) is 3.55. The molecule has 0 radical (unpaired) electrons. The number of aliphatic imine (C=N–C) groups is 1. The number of guanidine groups is 1. The van der Waals surface area contributed by atoms with Crippen LogP contribution in [0, 0.1) is 0 Å². The largest absolute Gasteiger partial charge is 0.466 e. The Morgan fingerprint density at radius 3 is 2.88 bits per heavy atom. The van der Waals surface area contributed by atoms with Gasteiger partial charge in [0.25, 0.3) is 0 Å². The van der Waals surface area contributed by atoms with Gasteiger partial charge >= 0.3 is 0 Å². The Labute approximate surface area is 157 Å². The minimum atomic E-state index is -1.11. The molecule has 0 bridgehead atoms. The summed E-state index contributed by atoms with van der Waals surface area (Å²) in [6.45, 7) is 11.4. The maximum absolute atomic E-state index is 10.5. The number of hydrogen-bond acceptors (Lipinski definition) is 5. The van der Waals surface area contributed by atoms with E-state index in [4.69, 9.17) is 4.42 Å². The summed E-state index contributed by atoms with van der Waals surface area (Å²) >= 11 is 0. The smallest absolute Gasteiger partial charge is 0.191 e. The molecule has 1 saturated heterocycles. The second-order valence-corrected chi connectivity index (χ2v) is 7.23. The van der Waals surface area contributed by atoms with E-state index in [0.717, 1.165) is 45.1 Å². The van der Waals surface area contributed by atoms with Crippen molar-refractivity contribution >= 4 is 5.96 Å². The van der Waals surface area contributed by atoms with Gasteiger partial charge in [-0.05, 0) is 65.5 Å². The first-order chi connectivity index (χ1) is 12.5. The molecular weight excluding hydrogens is 330 g/mol. The quantitative estimate of drug-likeness (QED) is 0.363. The third-order valence-electron chi connectivity index (χ3n) is 4.70. The van der Waals surface area contributed by atoms with E-state index in [1.165, 1.54) is 19.5 Å². The number of furan rings is 1. The van der Waals surface area contributed by atoms with Crippen molar-refractivity contribution in [3.05, 3.63) is 24.2 Å². The van der Waals surface area contributed by atoms with E-state index < -0.39 is 5.60 Å². The van der Waals surface area contributed by atoms with Crippen molar-refractivity contribution in [1.29, 1.82) is 0 Å². The number of likely N-dealkylation sites (N-methyl/N-ethyl adjacent to an activating group) is 1. The van der Waals surface area contributed by atoms with Gasteiger partial charge in [-0.25, -0.2) is 4.99 Å². The second-order valence-electron chi connectivity index (χ2n) is 7.23. The van der Waals surface area contributed by atoms with Crippen LogP contribution >= 0.6 is 0 Å². The van der Waals surface area contributed by atoms with Crippen molar-refractivity contribution in [3.8, 4) is 0 Å². The zero-order valence-corrected chi connectivity index (χ0v) is 16.5. The highest BCUT2D eigenvalue weighted by Crippen LogP contribution is 2.20. The Morgan fingerprint density at radius 1 is 1.31 bits per heavy atom. The number of hydrogen-bond donors (Lipinski definition) is 3. The third kappa shape index (κ3) is 6.97. The lowest BCUT2D eigenvalue weighted by atomic mass is 10.0. The average molecular weight is 366 g/mol.